The van der Waals surface area contributed by atoms with Gasteiger partial charge in [-0.25, -0.2) is 0 Å². The van der Waals surface area contributed by atoms with Gasteiger partial charge in [0.1, 0.15) is 31.2 Å². The molecular weight excluding hydrogens is 680 g/mol. The molecule has 2 aliphatic rings. The van der Waals surface area contributed by atoms with E-state index in [0.29, 0.717) is 13.2 Å². The van der Waals surface area contributed by atoms with Gasteiger partial charge in [0.2, 0.25) is 0 Å². The number of rotatable bonds is 5. The average molecular weight is 692 g/mol. The topological polar surface area (TPSA) is 18.5 Å². The highest BCUT2D eigenvalue weighted by atomic mass is 79.9. The van der Waals surface area contributed by atoms with Crippen LogP contribution in [0.1, 0.15) is 12.8 Å². The summed E-state index contributed by atoms with van der Waals surface area (Å²) < 4.78 is 13.2. The maximum Gasteiger partial charge on any atom is 0.129 e. The van der Waals surface area contributed by atoms with E-state index in [0.717, 1.165) is 33.3 Å². The molecule has 8 heteroatoms. The van der Waals surface area contributed by atoms with E-state index in [9.17, 15) is 0 Å². The fraction of sp³-hybridized carbons (Fsp3) is 0.429. The Balaban J connectivity index is 1.79. The van der Waals surface area contributed by atoms with Crippen molar-refractivity contribution in [3.8, 4) is 0 Å². The number of hydrogen-bond acceptors (Lipinski definition) is 2. The Morgan fingerprint density at radius 3 is 1.45 bits per heavy atom. The van der Waals surface area contributed by atoms with E-state index in [1.165, 1.54) is 0 Å². The van der Waals surface area contributed by atoms with E-state index in [1.54, 1.807) is 0 Å². The van der Waals surface area contributed by atoms with Crippen LogP contribution in [0.15, 0.2) is 44.8 Å². The van der Waals surface area contributed by atoms with Crippen LogP contribution in [0.5, 0.6) is 0 Å². The van der Waals surface area contributed by atoms with Gasteiger partial charge in [-0.15, -0.1) is 0 Å². The molecule has 0 amide bonds. The third kappa shape index (κ3) is 6.06. The van der Waals surface area contributed by atoms with Gasteiger partial charge in [-0.2, -0.15) is 0 Å². The highest BCUT2D eigenvalue weighted by Crippen LogP contribution is 2.42. The summed E-state index contributed by atoms with van der Waals surface area (Å²) in [7, 11) is 0. The largest absolute Gasteiger partial charge is 0.489 e. The lowest BCUT2D eigenvalue weighted by atomic mass is 10.2. The van der Waals surface area contributed by atoms with Crippen LogP contribution in [0.3, 0.4) is 0 Å². The van der Waals surface area contributed by atoms with Gasteiger partial charge < -0.3 is 9.47 Å². The SMILES string of the molecule is BrC1=C(OCCOC2=C(Br)CC(Br)(Br)C=C2)C=CC(Br)(Br)C1. The van der Waals surface area contributed by atoms with Crippen molar-refractivity contribution in [2.24, 2.45) is 0 Å². The summed E-state index contributed by atoms with van der Waals surface area (Å²) in [4.78, 5) is 0. The fourth-order valence-electron chi connectivity index (χ4n) is 1.84. The minimum absolute atomic E-state index is 0.192. The molecule has 0 aromatic heterocycles. The molecule has 0 spiro atoms. The molecule has 0 bridgehead atoms. The summed E-state index contributed by atoms with van der Waals surface area (Å²) in [5, 5.41) is 0. The van der Waals surface area contributed by atoms with Crippen molar-refractivity contribution in [2.75, 3.05) is 13.2 Å². The molecule has 0 aliphatic heterocycles. The van der Waals surface area contributed by atoms with Gasteiger partial charge >= 0.3 is 0 Å². The van der Waals surface area contributed by atoms with Crippen LogP contribution in [-0.2, 0) is 9.47 Å². The lowest BCUT2D eigenvalue weighted by Crippen LogP contribution is -2.15. The molecule has 0 aromatic rings. The first-order valence-electron chi connectivity index (χ1n) is 6.36. The molecule has 2 rings (SSSR count). The Morgan fingerprint density at radius 1 is 0.773 bits per heavy atom. The Hall–Kier alpha value is 1.44. The zero-order valence-electron chi connectivity index (χ0n) is 11.2. The molecule has 0 unspecified atom stereocenters. The van der Waals surface area contributed by atoms with E-state index >= 15 is 0 Å². The normalized spacial score (nSPS) is 23.0. The molecule has 22 heavy (non-hydrogen) atoms. The van der Waals surface area contributed by atoms with Crippen LogP contribution in [0.25, 0.3) is 0 Å². The average Bonchev–Trinajstić information content (AvgIpc) is 2.37. The van der Waals surface area contributed by atoms with Gasteiger partial charge in [0.25, 0.3) is 0 Å². The molecule has 122 valence electrons. The second-order valence-electron chi connectivity index (χ2n) is 4.78. The summed E-state index contributed by atoms with van der Waals surface area (Å²) in [6.07, 6.45) is 9.49. The first kappa shape index (κ1) is 19.8. The number of halogens is 6. The first-order valence-corrected chi connectivity index (χ1v) is 11.1. The predicted octanol–water partition coefficient (Wildman–Crippen LogP) is 7.12. The molecule has 0 saturated carbocycles. The van der Waals surface area contributed by atoms with Gasteiger partial charge in [0.05, 0.1) is 0 Å². The molecule has 0 radical (unpaired) electrons. The zero-order valence-corrected chi connectivity index (χ0v) is 20.7. The molecule has 2 nitrogen and oxygen atoms in total. The molecule has 0 N–H and O–H groups in total. The Labute approximate surface area is 180 Å². The lowest BCUT2D eigenvalue weighted by molar-refractivity contribution is 0.125. The highest BCUT2D eigenvalue weighted by Gasteiger charge is 2.27. The van der Waals surface area contributed by atoms with Crippen molar-refractivity contribution in [3.63, 3.8) is 0 Å². The molecule has 0 heterocycles. The summed E-state index contributed by atoms with van der Waals surface area (Å²) >= 11 is 21.4. The predicted molar refractivity (Wildman–Crippen MR) is 112 cm³/mol. The third-order valence-electron chi connectivity index (χ3n) is 2.87. The van der Waals surface area contributed by atoms with E-state index in [1.807, 2.05) is 24.3 Å². The third-order valence-corrected chi connectivity index (χ3v) is 6.39. The van der Waals surface area contributed by atoms with Crippen LogP contribution in [0, 0.1) is 0 Å². The van der Waals surface area contributed by atoms with Crippen LogP contribution < -0.4 is 0 Å². The minimum atomic E-state index is -0.192. The van der Waals surface area contributed by atoms with Crippen LogP contribution in [-0.4, -0.2) is 19.7 Å². The van der Waals surface area contributed by atoms with E-state index in [-0.39, 0.29) is 6.47 Å². The summed E-state index contributed by atoms with van der Waals surface area (Å²) in [6, 6.07) is 0. The van der Waals surface area contributed by atoms with Crippen molar-refractivity contribution in [1.29, 1.82) is 0 Å². The number of allylic oxidation sites excluding steroid dienone is 6. The fourth-order valence-corrected chi connectivity index (χ4v) is 6.37. The summed E-state index contributed by atoms with van der Waals surface area (Å²) in [5.41, 5.74) is 0. The van der Waals surface area contributed by atoms with Crippen LogP contribution in [0.4, 0.5) is 0 Å². The molecule has 0 atom stereocenters. The molecule has 0 saturated heterocycles. The van der Waals surface area contributed by atoms with Gasteiger partial charge in [0, 0.05) is 21.8 Å². The zero-order chi connectivity index (χ0) is 16.4. The lowest BCUT2D eigenvalue weighted by Gasteiger charge is -2.23. The van der Waals surface area contributed by atoms with Gasteiger partial charge in [-0.3, -0.25) is 0 Å². The van der Waals surface area contributed by atoms with Crippen molar-refractivity contribution in [3.05, 3.63) is 44.8 Å². The van der Waals surface area contributed by atoms with E-state index in [4.69, 9.17) is 9.47 Å². The first-order chi connectivity index (χ1) is 10.2. The second kappa shape index (κ2) is 8.21. The van der Waals surface area contributed by atoms with Gasteiger partial charge in [-0.1, -0.05) is 108 Å². The van der Waals surface area contributed by atoms with Crippen molar-refractivity contribution >= 4 is 95.6 Å². The summed E-state index contributed by atoms with van der Waals surface area (Å²) in [5.74, 6) is 1.68. The second-order valence-corrected chi connectivity index (χ2v) is 14.5. The van der Waals surface area contributed by atoms with Crippen LogP contribution >= 0.6 is 95.6 Å². The summed E-state index contributed by atoms with van der Waals surface area (Å²) in [6.45, 7) is 0.968. The Bertz CT molecular complexity index is 510. The minimum Gasteiger partial charge on any atom is -0.489 e. The van der Waals surface area contributed by atoms with Gasteiger partial charge in [-0.05, 0) is 12.2 Å². The van der Waals surface area contributed by atoms with Crippen molar-refractivity contribution < 1.29 is 9.47 Å². The number of alkyl halides is 4. The van der Waals surface area contributed by atoms with Gasteiger partial charge in [0.15, 0.2) is 0 Å². The Morgan fingerprint density at radius 2 is 1.14 bits per heavy atom. The highest BCUT2D eigenvalue weighted by molar-refractivity contribution is 9.25. The quantitative estimate of drug-likeness (QED) is 0.226. The standard InChI is InChI=1S/C14H12Br6O2/c15-9-7-13(17,18)3-1-11(9)21-5-6-22-12-2-4-14(19,20)8-10(12)16/h1-4H,5-8H2. The smallest absolute Gasteiger partial charge is 0.129 e. The maximum absolute atomic E-state index is 5.75. The molecular formula is C14H12Br6O2. The van der Waals surface area contributed by atoms with Crippen LogP contribution in [0.2, 0.25) is 0 Å². The Kier molecular flexibility index (Phi) is 7.38. The maximum atomic E-state index is 5.75. The van der Waals surface area contributed by atoms with E-state index < -0.39 is 0 Å². The molecule has 0 aromatic carbocycles. The van der Waals surface area contributed by atoms with E-state index in [2.05, 4.69) is 95.6 Å². The molecule has 0 fully saturated rings. The monoisotopic (exact) mass is 686 g/mol. The molecule has 2 aliphatic carbocycles. The van der Waals surface area contributed by atoms with Crippen molar-refractivity contribution in [1.82, 2.24) is 0 Å². The van der Waals surface area contributed by atoms with Crippen molar-refractivity contribution in [2.45, 2.75) is 19.3 Å². The number of ether oxygens (including phenoxy) is 2. The number of hydrogen-bond donors (Lipinski definition) is 0.